The lowest BCUT2D eigenvalue weighted by Gasteiger charge is -2.18. The van der Waals surface area contributed by atoms with Crippen LogP contribution >= 0.6 is 0 Å². The molecule has 2 aromatic carbocycles. The van der Waals surface area contributed by atoms with Crippen LogP contribution in [0.3, 0.4) is 0 Å². The highest BCUT2D eigenvalue weighted by Gasteiger charge is 2.36. The van der Waals surface area contributed by atoms with Crippen molar-refractivity contribution < 1.29 is 30.7 Å². The van der Waals surface area contributed by atoms with Crippen LogP contribution in [0.4, 0.5) is 30.7 Å². The average Bonchev–Trinajstić information content (AvgIpc) is 2.48. The molecular weight excluding hydrogens is 301 g/mol. The summed E-state index contributed by atoms with van der Waals surface area (Å²) in [4.78, 5) is 0. The Kier molecular flexibility index (Phi) is 3.93. The van der Waals surface area contributed by atoms with E-state index in [0.717, 1.165) is 12.1 Å². The van der Waals surface area contributed by atoms with Gasteiger partial charge in [-0.2, -0.15) is 0 Å². The standard InChI is InChI=1S/C14H7F7/c15-9-8(10(16)12(18)13(19)11(9)17)6-14(20,21)7-4-2-1-3-5-7/h1-5H,6H2. The van der Waals surface area contributed by atoms with E-state index in [1.165, 1.54) is 18.2 Å². The first-order valence-electron chi connectivity index (χ1n) is 5.69. The molecule has 0 saturated carbocycles. The summed E-state index contributed by atoms with van der Waals surface area (Å²) < 4.78 is 93.4. The van der Waals surface area contributed by atoms with Crippen molar-refractivity contribution in [1.29, 1.82) is 0 Å². The Morgan fingerprint density at radius 2 is 1.10 bits per heavy atom. The average molecular weight is 308 g/mol. The fourth-order valence-electron chi connectivity index (χ4n) is 1.81. The Hall–Kier alpha value is -2.05. The van der Waals surface area contributed by atoms with Crippen molar-refractivity contribution in [3.05, 3.63) is 70.5 Å². The lowest BCUT2D eigenvalue weighted by molar-refractivity contribution is -0.00585. The van der Waals surface area contributed by atoms with Gasteiger partial charge in [-0.1, -0.05) is 30.3 Å². The van der Waals surface area contributed by atoms with Crippen molar-refractivity contribution in [3.8, 4) is 0 Å². The predicted molar refractivity (Wildman–Crippen MR) is 60.3 cm³/mol. The zero-order valence-electron chi connectivity index (χ0n) is 10.2. The summed E-state index contributed by atoms with van der Waals surface area (Å²) in [6, 6.07) is 5.96. The minimum Gasteiger partial charge on any atom is -0.203 e. The van der Waals surface area contributed by atoms with Crippen molar-refractivity contribution in [3.63, 3.8) is 0 Å². The smallest absolute Gasteiger partial charge is 0.203 e. The molecule has 0 amide bonds. The quantitative estimate of drug-likeness (QED) is 0.437. The summed E-state index contributed by atoms with van der Waals surface area (Å²) in [6.07, 6.45) is -1.64. The van der Waals surface area contributed by atoms with Crippen LogP contribution in [0.1, 0.15) is 11.1 Å². The number of hydrogen-bond donors (Lipinski definition) is 0. The fourth-order valence-corrected chi connectivity index (χ4v) is 1.81. The highest BCUT2D eigenvalue weighted by molar-refractivity contribution is 5.28. The molecule has 0 aromatic heterocycles. The lowest BCUT2D eigenvalue weighted by Crippen LogP contribution is -2.20. The fraction of sp³-hybridized carbons (Fsp3) is 0.143. The third-order valence-corrected chi connectivity index (χ3v) is 2.90. The van der Waals surface area contributed by atoms with E-state index in [-0.39, 0.29) is 0 Å². The van der Waals surface area contributed by atoms with Gasteiger partial charge in [-0.05, 0) is 0 Å². The SMILES string of the molecule is Fc1c(F)c(F)c(CC(F)(F)c2ccccc2)c(F)c1F. The zero-order valence-corrected chi connectivity index (χ0v) is 10.2. The van der Waals surface area contributed by atoms with Crippen LogP contribution in [-0.4, -0.2) is 0 Å². The van der Waals surface area contributed by atoms with Gasteiger partial charge in [0.05, 0.1) is 0 Å². The Balaban J connectivity index is 2.50. The molecule has 0 nitrogen and oxygen atoms in total. The normalized spacial score (nSPS) is 11.8. The van der Waals surface area contributed by atoms with Gasteiger partial charge in [0.15, 0.2) is 23.3 Å². The Bertz CT molecular complexity index is 636. The molecule has 0 bridgehead atoms. The Labute approximate surface area is 114 Å². The second-order valence-electron chi connectivity index (χ2n) is 4.30. The van der Waals surface area contributed by atoms with Crippen LogP contribution in [0.5, 0.6) is 0 Å². The zero-order chi connectivity index (χ0) is 15.8. The first-order valence-corrected chi connectivity index (χ1v) is 5.69. The van der Waals surface area contributed by atoms with Crippen LogP contribution in [0.2, 0.25) is 0 Å². The molecule has 2 rings (SSSR count). The van der Waals surface area contributed by atoms with Crippen molar-refractivity contribution >= 4 is 0 Å². The minimum absolute atomic E-state index is 0.589. The Morgan fingerprint density at radius 3 is 1.57 bits per heavy atom. The molecule has 0 atom stereocenters. The molecule has 0 unspecified atom stereocenters. The molecule has 112 valence electrons. The number of rotatable bonds is 3. The van der Waals surface area contributed by atoms with Gasteiger partial charge in [0.1, 0.15) is 0 Å². The number of alkyl halides is 2. The summed E-state index contributed by atoms with van der Waals surface area (Å²) in [7, 11) is 0. The van der Waals surface area contributed by atoms with Crippen molar-refractivity contribution in [1.82, 2.24) is 0 Å². The highest BCUT2D eigenvalue weighted by Crippen LogP contribution is 2.35. The summed E-state index contributed by atoms with van der Waals surface area (Å²) in [5.41, 5.74) is -2.13. The first-order chi connectivity index (χ1) is 9.75. The molecule has 0 fully saturated rings. The van der Waals surface area contributed by atoms with Crippen LogP contribution in [0, 0.1) is 29.1 Å². The first kappa shape index (κ1) is 15.3. The van der Waals surface area contributed by atoms with Gasteiger partial charge in [0.2, 0.25) is 5.82 Å². The number of halogens is 7. The summed E-state index contributed by atoms with van der Waals surface area (Å²) in [5.74, 6) is -15.1. The van der Waals surface area contributed by atoms with Gasteiger partial charge >= 0.3 is 0 Å². The van der Waals surface area contributed by atoms with E-state index < -0.39 is 52.6 Å². The molecule has 0 spiro atoms. The third kappa shape index (κ3) is 2.72. The van der Waals surface area contributed by atoms with Crippen molar-refractivity contribution in [2.75, 3.05) is 0 Å². The van der Waals surface area contributed by atoms with E-state index in [4.69, 9.17) is 0 Å². The molecular formula is C14H7F7. The molecule has 2 aromatic rings. The van der Waals surface area contributed by atoms with Crippen LogP contribution in [0.15, 0.2) is 30.3 Å². The summed E-state index contributed by atoms with van der Waals surface area (Å²) in [6.45, 7) is 0. The monoisotopic (exact) mass is 308 g/mol. The van der Waals surface area contributed by atoms with E-state index in [0.29, 0.717) is 0 Å². The maximum Gasteiger partial charge on any atom is 0.277 e. The third-order valence-electron chi connectivity index (χ3n) is 2.90. The maximum absolute atomic E-state index is 13.9. The van der Waals surface area contributed by atoms with E-state index in [1.54, 1.807) is 0 Å². The minimum atomic E-state index is -3.78. The van der Waals surface area contributed by atoms with Gasteiger partial charge in [0.25, 0.3) is 5.92 Å². The number of hydrogen-bond acceptors (Lipinski definition) is 0. The molecule has 7 heteroatoms. The predicted octanol–water partition coefficient (Wildman–Crippen LogP) is 4.72. The highest BCUT2D eigenvalue weighted by atomic mass is 19.3. The van der Waals surface area contributed by atoms with Crippen LogP contribution in [0.25, 0.3) is 0 Å². The molecule has 21 heavy (non-hydrogen) atoms. The largest absolute Gasteiger partial charge is 0.277 e. The molecule has 0 heterocycles. The van der Waals surface area contributed by atoms with Gasteiger partial charge in [-0.15, -0.1) is 0 Å². The van der Waals surface area contributed by atoms with Gasteiger partial charge in [-0.3, -0.25) is 0 Å². The summed E-state index contributed by atoms with van der Waals surface area (Å²) >= 11 is 0. The topological polar surface area (TPSA) is 0 Å². The lowest BCUT2D eigenvalue weighted by atomic mass is 9.99. The van der Waals surface area contributed by atoms with Crippen LogP contribution < -0.4 is 0 Å². The molecule has 0 aliphatic heterocycles. The number of benzene rings is 2. The maximum atomic E-state index is 13.9. The van der Waals surface area contributed by atoms with Gasteiger partial charge in [0, 0.05) is 17.5 Å². The van der Waals surface area contributed by atoms with Crippen molar-refractivity contribution in [2.45, 2.75) is 12.3 Å². The van der Waals surface area contributed by atoms with E-state index in [1.807, 2.05) is 0 Å². The second kappa shape index (κ2) is 5.38. The van der Waals surface area contributed by atoms with E-state index in [9.17, 15) is 30.7 Å². The van der Waals surface area contributed by atoms with Gasteiger partial charge in [-0.25, -0.2) is 30.7 Å². The van der Waals surface area contributed by atoms with E-state index in [2.05, 4.69) is 0 Å². The molecule has 0 N–H and O–H groups in total. The molecule has 0 aliphatic carbocycles. The molecule has 0 saturated heterocycles. The summed E-state index contributed by atoms with van der Waals surface area (Å²) in [5, 5.41) is 0. The van der Waals surface area contributed by atoms with Crippen LogP contribution in [-0.2, 0) is 12.3 Å². The Morgan fingerprint density at radius 1 is 0.667 bits per heavy atom. The van der Waals surface area contributed by atoms with E-state index >= 15 is 0 Å². The van der Waals surface area contributed by atoms with Gasteiger partial charge < -0.3 is 0 Å². The van der Waals surface area contributed by atoms with Crippen molar-refractivity contribution in [2.24, 2.45) is 0 Å². The molecule has 0 aliphatic rings. The molecule has 0 radical (unpaired) electrons. The second-order valence-corrected chi connectivity index (χ2v) is 4.30.